The molecule has 1 saturated heterocycles. The van der Waals surface area contributed by atoms with Crippen molar-refractivity contribution in [2.24, 2.45) is 0 Å². The summed E-state index contributed by atoms with van der Waals surface area (Å²) >= 11 is 0. The largest absolute Gasteiger partial charge is 0.416 e. The van der Waals surface area contributed by atoms with Crippen LogP contribution in [0.2, 0.25) is 0 Å². The van der Waals surface area contributed by atoms with E-state index >= 15 is 0 Å². The van der Waals surface area contributed by atoms with Gasteiger partial charge in [-0.25, -0.2) is 4.98 Å². The third kappa shape index (κ3) is 4.32. The van der Waals surface area contributed by atoms with E-state index in [0.29, 0.717) is 0 Å². The highest BCUT2D eigenvalue weighted by atomic mass is 19.4. The molecule has 0 spiro atoms. The van der Waals surface area contributed by atoms with Crippen molar-refractivity contribution in [3.63, 3.8) is 0 Å². The predicted molar refractivity (Wildman–Crippen MR) is 105 cm³/mol. The van der Waals surface area contributed by atoms with Crippen molar-refractivity contribution in [1.82, 2.24) is 9.88 Å². The molecule has 0 amide bonds. The van der Waals surface area contributed by atoms with Gasteiger partial charge in [0.2, 0.25) is 0 Å². The Labute approximate surface area is 164 Å². The van der Waals surface area contributed by atoms with Crippen LogP contribution in [-0.2, 0) is 6.18 Å². The van der Waals surface area contributed by atoms with Crippen molar-refractivity contribution in [2.75, 3.05) is 31.1 Å². The van der Waals surface area contributed by atoms with E-state index in [2.05, 4.69) is 14.8 Å². The molecular weight excluding hydrogens is 363 g/mol. The van der Waals surface area contributed by atoms with Crippen LogP contribution in [0.25, 0.3) is 11.1 Å². The van der Waals surface area contributed by atoms with E-state index in [1.54, 1.807) is 6.20 Å². The molecule has 1 aliphatic carbocycles. The molecular formula is C22H26F3N3. The third-order valence-corrected chi connectivity index (χ3v) is 6.02. The van der Waals surface area contributed by atoms with Crippen LogP contribution in [0.15, 0.2) is 42.6 Å². The Morgan fingerprint density at radius 3 is 2.00 bits per heavy atom. The average molecular weight is 389 g/mol. The van der Waals surface area contributed by atoms with Gasteiger partial charge in [-0.2, -0.15) is 13.2 Å². The topological polar surface area (TPSA) is 19.4 Å². The monoisotopic (exact) mass is 389 g/mol. The molecule has 1 aromatic carbocycles. The normalized spacial score (nSPS) is 19.8. The quantitative estimate of drug-likeness (QED) is 0.717. The first-order chi connectivity index (χ1) is 13.5. The molecule has 0 N–H and O–H groups in total. The summed E-state index contributed by atoms with van der Waals surface area (Å²) in [5.74, 6) is 0.943. The fourth-order valence-electron chi connectivity index (χ4n) is 4.36. The number of pyridine rings is 1. The minimum Gasteiger partial charge on any atom is -0.354 e. The van der Waals surface area contributed by atoms with Crippen molar-refractivity contribution in [3.8, 4) is 11.1 Å². The minimum absolute atomic E-state index is 0.628. The smallest absolute Gasteiger partial charge is 0.354 e. The van der Waals surface area contributed by atoms with E-state index < -0.39 is 11.7 Å². The molecule has 3 nitrogen and oxygen atoms in total. The average Bonchev–Trinajstić information content (AvgIpc) is 2.74. The summed E-state index contributed by atoms with van der Waals surface area (Å²) in [6.45, 7) is 4.10. The van der Waals surface area contributed by atoms with Gasteiger partial charge in [-0.05, 0) is 42.7 Å². The number of piperazine rings is 1. The molecule has 0 bridgehead atoms. The Hall–Kier alpha value is -2.08. The van der Waals surface area contributed by atoms with Crippen LogP contribution in [0.3, 0.4) is 0 Å². The first kappa shape index (κ1) is 19.2. The van der Waals surface area contributed by atoms with Gasteiger partial charge in [-0.3, -0.25) is 4.90 Å². The lowest BCUT2D eigenvalue weighted by molar-refractivity contribution is -0.137. The van der Waals surface area contributed by atoms with E-state index in [-0.39, 0.29) is 0 Å². The standard InChI is InChI=1S/C22H26F3N3/c23-22(24,25)19-9-6-17(7-10-19)18-8-11-21(26-16-18)28-14-12-27(13-15-28)20-4-2-1-3-5-20/h6-11,16,20H,1-5,12-15H2. The van der Waals surface area contributed by atoms with Gasteiger partial charge in [0.15, 0.2) is 0 Å². The van der Waals surface area contributed by atoms with Crippen LogP contribution in [-0.4, -0.2) is 42.1 Å². The molecule has 2 aliphatic rings. The van der Waals surface area contributed by atoms with Gasteiger partial charge in [0.25, 0.3) is 0 Å². The maximum atomic E-state index is 12.7. The van der Waals surface area contributed by atoms with E-state index in [0.717, 1.165) is 61.3 Å². The van der Waals surface area contributed by atoms with Gasteiger partial charge in [-0.15, -0.1) is 0 Å². The fourth-order valence-corrected chi connectivity index (χ4v) is 4.36. The first-order valence-electron chi connectivity index (χ1n) is 10.1. The van der Waals surface area contributed by atoms with Gasteiger partial charge in [-0.1, -0.05) is 31.4 Å². The zero-order valence-electron chi connectivity index (χ0n) is 16.0. The molecule has 1 saturated carbocycles. The lowest BCUT2D eigenvalue weighted by Crippen LogP contribution is -2.51. The SMILES string of the molecule is FC(F)(F)c1ccc(-c2ccc(N3CCN(C4CCCCC4)CC3)nc2)cc1. The van der Waals surface area contributed by atoms with Crippen molar-refractivity contribution in [3.05, 3.63) is 48.2 Å². The Morgan fingerprint density at radius 2 is 1.43 bits per heavy atom. The highest BCUT2D eigenvalue weighted by Crippen LogP contribution is 2.31. The number of benzene rings is 1. The Balaban J connectivity index is 1.37. The van der Waals surface area contributed by atoms with Crippen molar-refractivity contribution in [1.29, 1.82) is 0 Å². The van der Waals surface area contributed by atoms with Crippen LogP contribution in [0.1, 0.15) is 37.7 Å². The number of hydrogen-bond acceptors (Lipinski definition) is 3. The van der Waals surface area contributed by atoms with Crippen molar-refractivity contribution in [2.45, 2.75) is 44.3 Å². The number of aromatic nitrogens is 1. The summed E-state index contributed by atoms with van der Waals surface area (Å²) < 4.78 is 38.1. The lowest BCUT2D eigenvalue weighted by atomic mass is 9.94. The number of nitrogens with zero attached hydrogens (tertiary/aromatic N) is 3. The maximum Gasteiger partial charge on any atom is 0.416 e. The van der Waals surface area contributed by atoms with Crippen LogP contribution < -0.4 is 4.90 Å². The molecule has 1 aromatic heterocycles. The second kappa shape index (κ2) is 8.11. The predicted octanol–water partition coefficient (Wildman–Crippen LogP) is 5.22. The Bertz CT molecular complexity index is 757. The summed E-state index contributed by atoms with van der Waals surface area (Å²) in [4.78, 5) is 9.51. The molecule has 2 heterocycles. The van der Waals surface area contributed by atoms with Gasteiger partial charge in [0.05, 0.1) is 5.56 Å². The van der Waals surface area contributed by atoms with Gasteiger partial charge in [0, 0.05) is 44.0 Å². The van der Waals surface area contributed by atoms with Crippen LogP contribution in [0, 0.1) is 0 Å². The van der Waals surface area contributed by atoms with Gasteiger partial charge in [0.1, 0.15) is 5.82 Å². The van der Waals surface area contributed by atoms with Crippen LogP contribution in [0.4, 0.5) is 19.0 Å². The number of anilines is 1. The number of halogens is 3. The van der Waals surface area contributed by atoms with E-state index in [1.807, 2.05) is 12.1 Å². The maximum absolute atomic E-state index is 12.7. The third-order valence-electron chi connectivity index (χ3n) is 6.02. The van der Waals surface area contributed by atoms with Gasteiger partial charge < -0.3 is 4.90 Å². The van der Waals surface area contributed by atoms with Crippen LogP contribution in [0.5, 0.6) is 0 Å². The van der Waals surface area contributed by atoms with Crippen LogP contribution >= 0.6 is 0 Å². The summed E-state index contributed by atoms with van der Waals surface area (Å²) in [6.07, 6.45) is 4.22. The minimum atomic E-state index is -4.31. The molecule has 1 aliphatic heterocycles. The lowest BCUT2D eigenvalue weighted by Gasteiger charge is -2.41. The molecule has 4 rings (SSSR count). The summed E-state index contributed by atoms with van der Waals surface area (Å²) in [6, 6.07) is 9.92. The summed E-state index contributed by atoms with van der Waals surface area (Å²) in [7, 11) is 0. The van der Waals surface area contributed by atoms with E-state index in [4.69, 9.17) is 0 Å². The van der Waals surface area contributed by atoms with Crippen molar-refractivity contribution >= 4 is 5.82 Å². The number of hydrogen-bond donors (Lipinski definition) is 0. The van der Waals surface area contributed by atoms with E-state index in [9.17, 15) is 13.2 Å². The zero-order chi connectivity index (χ0) is 19.6. The molecule has 28 heavy (non-hydrogen) atoms. The van der Waals surface area contributed by atoms with E-state index in [1.165, 1.54) is 44.2 Å². The van der Waals surface area contributed by atoms with Crippen molar-refractivity contribution < 1.29 is 13.2 Å². The Kier molecular flexibility index (Phi) is 5.58. The summed E-state index contributed by atoms with van der Waals surface area (Å²) in [5.41, 5.74) is 0.948. The molecule has 0 unspecified atom stereocenters. The number of alkyl halides is 3. The highest BCUT2D eigenvalue weighted by Gasteiger charge is 2.30. The highest BCUT2D eigenvalue weighted by molar-refractivity contribution is 5.64. The summed E-state index contributed by atoms with van der Waals surface area (Å²) in [5, 5.41) is 0. The fraction of sp³-hybridized carbons (Fsp3) is 0.500. The molecule has 2 fully saturated rings. The number of rotatable bonds is 3. The zero-order valence-corrected chi connectivity index (χ0v) is 16.0. The molecule has 0 radical (unpaired) electrons. The first-order valence-corrected chi connectivity index (χ1v) is 10.1. The molecule has 150 valence electrons. The second-order valence-electron chi connectivity index (χ2n) is 7.80. The Morgan fingerprint density at radius 1 is 0.786 bits per heavy atom. The molecule has 0 atom stereocenters. The molecule has 6 heteroatoms. The van der Waals surface area contributed by atoms with Gasteiger partial charge >= 0.3 is 6.18 Å². The second-order valence-corrected chi connectivity index (χ2v) is 7.80. The molecule has 2 aromatic rings.